The largest absolute Gasteiger partial charge is 0.466 e. The smallest absolute Gasteiger partial charge is 0.308 e. The monoisotopic (exact) mass is 479 g/mol. The summed E-state index contributed by atoms with van der Waals surface area (Å²) in [5.74, 6) is -0.239. The molecule has 1 N–H and O–H groups in total. The number of esters is 1. The maximum absolute atomic E-state index is 12.3. The second-order valence-electron chi connectivity index (χ2n) is 9.04. The Morgan fingerprint density at radius 3 is 2.68 bits per heavy atom. The number of aromatic nitrogens is 4. The summed E-state index contributed by atoms with van der Waals surface area (Å²) in [4.78, 5) is 34.2. The predicted molar refractivity (Wildman–Crippen MR) is 131 cm³/mol. The lowest BCUT2D eigenvalue weighted by Crippen LogP contribution is -2.26. The molecule has 0 aliphatic heterocycles. The van der Waals surface area contributed by atoms with Gasteiger partial charge in [0.1, 0.15) is 0 Å². The van der Waals surface area contributed by atoms with Gasteiger partial charge >= 0.3 is 5.97 Å². The number of pyridine rings is 1. The number of aryl methyl sites for hydroxylation is 2. The van der Waals surface area contributed by atoms with Gasteiger partial charge in [0.2, 0.25) is 5.91 Å². The number of fused-ring (bicyclic) bond motifs is 3. The Kier molecular flexibility index (Phi) is 6.20. The van der Waals surface area contributed by atoms with E-state index in [1.54, 1.807) is 0 Å². The quantitative estimate of drug-likeness (QED) is 0.531. The van der Waals surface area contributed by atoms with Crippen LogP contribution in [0.3, 0.4) is 0 Å². The van der Waals surface area contributed by atoms with Gasteiger partial charge in [-0.1, -0.05) is 11.3 Å². The summed E-state index contributed by atoms with van der Waals surface area (Å²) in [6.45, 7) is 5.75. The van der Waals surface area contributed by atoms with Crippen LogP contribution in [0.5, 0.6) is 0 Å². The summed E-state index contributed by atoms with van der Waals surface area (Å²) in [6.07, 6.45) is 6.88. The molecule has 3 heterocycles. The van der Waals surface area contributed by atoms with Gasteiger partial charge in [0.05, 0.1) is 40.5 Å². The summed E-state index contributed by atoms with van der Waals surface area (Å²) in [7, 11) is 0. The average Bonchev–Trinajstić information content (AvgIpc) is 3.40. The van der Waals surface area contributed by atoms with E-state index in [0.29, 0.717) is 11.7 Å². The van der Waals surface area contributed by atoms with Crippen molar-refractivity contribution in [2.45, 2.75) is 65.3 Å². The summed E-state index contributed by atoms with van der Waals surface area (Å²) in [5, 5.41) is 8.61. The zero-order chi connectivity index (χ0) is 23.8. The molecule has 0 unspecified atom stereocenters. The lowest BCUT2D eigenvalue weighted by atomic mass is 9.85. The summed E-state index contributed by atoms with van der Waals surface area (Å²) in [6, 6.07) is 4.29. The molecule has 0 spiro atoms. The van der Waals surface area contributed by atoms with E-state index in [4.69, 9.17) is 14.8 Å². The van der Waals surface area contributed by atoms with Crippen molar-refractivity contribution >= 4 is 28.3 Å². The molecule has 2 aliphatic carbocycles. The Hall–Kier alpha value is -3.07. The molecule has 0 aromatic carbocycles. The Morgan fingerprint density at radius 2 is 2.00 bits per heavy atom. The highest BCUT2D eigenvalue weighted by atomic mass is 32.1. The third kappa shape index (κ3) is 4.24. The van der Waals surface area contributed by atoms with E-state index >= 15 is 0 Å². The van der Waals surface area contributed by atoms with Gasteiger partial charge < -0.3 is 10.1 Å². The first kappa shape index (κ1) is 22.7. The third-order valence-electron chi connectivity index (χ3n) is 6.66. The molecular weight excluding hydrogens is 450 g/mol. The molecule has 1 saturated carbocycles. The SMILES string of the molecule is CCOC(=O)C1CCC(n2nc(-c3ccc(C)nc3)c3c2-c2sc(NC(C)=O)nc2CC3)CC1. The van der Waals surface area contributed by atoms with Crippen LogP contribution >= 0.6 is 11.3 Å². The van der Waals surface area contributed by atoms with Gasteiger partial charge in [-0.2, -0.15) is 5.10 Å². The molecule has 0 saturated heterocycles. The molecule has 1 amide bonds. The van der Waals surface area contributed by atoms with Gasteiger partial charge in [-0.05, 0) is 64.5 Å². The number of thiazole rings is 1. The molecule has 178 valence electrons. The third-order valence-corrected chi connectivity index (χ3v) is 7.68. The van der Waals surface area contributed by atoms with E-state index in [-0.39, 0.29) is 23.8 Å². The van der Waals surface area contributed by atoms with Crippen molar-refractivity contribution in [3.05, 3.63) is 35.3 Å². The number of nitrogens with one attached hydrogen (secondary N) is 1. The van der Waals surface area contributed by atoms with Crippen LogP contribution in [0.2, 0.25) is 0 Å². The standard InChI is InChI=1S/C25H29N5O3S/c1-4-33-24(32)16-7-9-18(10-8-16)30-22-19(21(29-30)17-6-5-14(2)26-13-17)11-12-20-23(22)34-25(28-20)27-15(3)31/h5-6,13,16,18H,4,7-12H2,1-3H3,(H,27,28,31). The average molecular weight is 480 g/mol. The minimum atomic E-state index is -0.122. The fourth-order valence-electron chi connectivity index (χ4n) is 5.02. The lowest BCUT2D eigenvalue weighted by molar-refractivity contribution is -0.149. The maximum Gasteiger partial charge on any atom is 0.308 e. The zero-order valence-corrected chi connectivity index (χ0v) is 20.6. The molecule has 3 aromatic rings. The Balaban J connectivity index is 1.54. The first-order chi connectivity index (χ1) is 16.4. The van der Waals surface area contributed by atoms with Crippen molar-refractivity contribution in [2.75, 3.05) is 11.9 Å². The highest BCUT2D eigenvalue weighted by molar-refractivity contribution is 7.19. The first-order valence-electron chi connectivity index (χ1n) is 11.9. The van der Waals surface area contributed by atoms with E-state index in [1.165, 1.54) is 23.8 Å². The van der Waals surface area contributed by atoms with Crippen LogP contribution in [0.25, 0.3) is 21.8 Å². The van der Waals surface area contributed by atoms with E-state index in [0.717, 1.165) is 71.7 Å². The molecule has 9 heteroatoms. The number of carbonyl (C=O) groups excluding carboxylic acids is 2. The van der Waals surface area contributed by atoms with Crippen LogP contribution in [-0.4, -0.2) is 38.2 Å². The molecular formula is C25H29N5O3S. The van der Waals surface area contributed by atoms with Crippen molar-refractivity contribution in [1.82, 2.24) is 19.7 Å². The van der Waals surface area contributed by atoms with Crippen LogP contribution in [-0.2, 0) is 27.2 Å². The van der Waals surface area contributed by atoms with Gasteiger partial charge in [0.25, 0.3) is 0 Å². The van der Waals surface area contributed by atoms with Gasteiger partial charge in [-0.3, -0.25) is 19.3 Å². The Bertz CT molecular complexity index is 1220. The van der Waals surface area contributed by atoms with Crippen LogP contribution in [0, 0.1) is 12.8 Å². The minimum absolute atomic E-state index is 0.0336. The van der Waals surface area contributed by atoms with Gasteiger partial charge in [-0.15, -0.1) is 0 Å². The highest BCUT2D eigenvalue weighted by Gasteiger charge is 2.34. The van der Waals surface area contributed by atoms with E-state index in [1.807, 2.05) is 26.1 Å². The zero-order valence-electron chi connectivity index (χ0n) is 19.8. The molecule has 0 bridgehead atoms. The van der Waals surface area contributed by atoms with Crippen molar-refractivity contribution < 1.29 is 14.3 Å². The van der Waals surface area contributed by atoms with Gasteiger partial charge in [-0.25, -0.2) is 4.98 Å². The number of nitrogens with zero attached hydrogens (tertiary/aromatic N) is 4. The molecule has 2 aliphatic rings. The molecule has 0 atom stereocenters. The summed E-state index contributed by atoms with van der Waals surface area (Å²) < 4.78 is 7.42. The second kappa shape index (κ2) is 9.29. The van der Waals surface area contributed by atoms with Crippen molar-refractivity contribution in [1.29, 1.82) is 0 Å². The number of hydrogen-bond donors (Lipinski definition) is 1. The predicted octanol–water partition coefficient (Wildman–Crippen LogP) is 4.73. The molecule has 3 aromatic heterocycles. The van der Waals surface area contributed by atoms with E-state index in [2.05, 4.69) is 21.0 Å². The molecule has 0 radical (unpaired) electrons. The number of amides is 1. The van der Waals surface area contributed by atoms with Gasteiger partial charge in [0.15, 0.2) is 5.13 Å². The fourth-order valence-corrected chi connectivity index (χ4v) is 6.14. The second-order valence-corrected chi connectivity index (χ2v) is 10.0. The van der Waals surface area contributed by atoms with Crippen LogP contribution in [0.15, 0.2) is 18.3 Å². The lowest BCUT2D eigenvalue weighted by Gasteiger charge is -2.29. The van der Waals surface area contributed by atoms with Crippen LogP contribution in [0.4, 0.5) is 5.13 Å². The molecule has 1 fully saturated rings. The van der Waals surface area contributed by atoms with Crippen molar-refractivity contribution in [3.8, 4) is 21.8 Å². The normalized spacial score (nSPS) is 19.3. The summed E-state index contributed by atoms with van der Waals surface area (Å²) >= 11 is 1.51. The number of ether oxygens (including phenoxy) is 1. The van der Waals surface area contributed by atoms with Crippen molar-refractivity contribution in [2.24, 2.45) is 5.92 Å². The Morgan fingerprint density at radius 1 is 1.21 bits per heavy atom. The highest BCUT2D eigenvalue weighted by Crippen LogP contribution is 2.46. The maximum atomic E-state index is 12.3. The van der Waals surface area contributed by atoms with Gasteiger partial charge in [0, 0.05) is 29.9 Å². The molecule has 34 heavy (non-hydrogen) atoms. The first-order valence-corrected chi connectivity index (χ1v) is 12.7. The van der Waals surface area contributed by atoms with E-state index < -0.39 is 0 Å². The molecule has 5 rings (SSSR count). The minimum Gasteiger partial charge on any atom is -0.466 e. The number of hydrogen-bond acceptors (Lipinski definition) is 7. The van der Waals surface area contributed by atoms with Crippen LogP contribution in [0.1, 0.15) is 62.5 Å². The summed E-state index contributed by atoms with van der Waals surface area (Å²) in [5.41, 5.74) is 6.27. The fraction of sp³-hybridized carbons (Fsp3) is 0.480. The van der Waals surface area contributed by atoms with Crippen LogP contribution < -0.4 is 5.32 Å². The Labute approximate surface area is 202 Å². The molecule has 8 nitrogen and oxygen atoms in total. The van der Waals surface area contributed by atoms with Crippen molar-refractivity contribution in [3.63, 3.8) is 0 Å². The number of rotatable bonds is 5. The topological polar surface area (TPSA) is 99.0 Å². The number of anilines is 1. The number of carbonyl (C=O) groups is 2. The van der Waals surface area contributed by atoms with E-state index in [9.17, 15) is 9.59 Å².